The highest BCUT2D eigenvalue weighted by molar-refractivity contribution is 5.36. The molecule has 100 valence electrons. The van der Waals surface area contributed by atoms with Crippen LogP contribution < -0.4 is 10.2 Å². The first kappa shape index (κ1) is 13.2. The number of aromatic nitrogens is 2. The summed E-state index contributed by atoms with van der Waals surface area (Å²) in [5.74, 6) is 0.998. The summed E-state index contributed by atoms with van der Waals surface area (Å²) >= 11 is 0. The first-order valence-corrected chi connectivity index (χ1v) is 6.65. The Morgan fingerprint density at radius 3 is 2.39 bits per heavy atom. The zero-order valence-corrected chi connectivity index (χ0v) is 11.6. The van der Waals surface area contributed by atoms with E-state index in [4.69, 9.17) is 0 Å². The fourth-order valence-corrected chi connectivity index (χ4v) is 2.25. The number of piperazine rings is 1. The summed E-state index contributed by atoms with van der Waals surface area (Å²) in [6.07, 6.45) is 3.75. The van der Waals surface area contributed by atoms with E-state index in [1.807, 2.05) is 19.4 Å². The molecule has 0 aromatic carbocycles. The van der Waals surface area contributed by atoms with Crippen molar-refractivity contribution in [3.8, 4) is 0 Å². The van der Waals surface area contributed by atoms with Crippen molar-refractivity contribution in [2.75, 3.05) is 38.1 Å². The van der Waals surface area contributed by atoms with Gasteiger partial charge in [-0.3, -0.25) is 9.88 Å². The van der Waals surface area contributed by atoms with Crippen LogP contribution in [0.5, 0.6) is 0 Å². The molecule has 0 bridgehead atoms. The van der Waals surface area contributed by atoms with Gasteiger partial charge in [0, 0.05) is 38.8 Å². The van der Waals surface area contributed by atoms with Crippen molar-refractivity contribution in [1.29, 1.82) is 0 Å². The molecule has 0 aliphatic carbocycles. The second kappa shape index (κ2) is 6.11. The summed E-state index contributed by atoms with van der Waals surface area (Å²) in [5, 5.41) is 3.08. The first-order chi connectivity index (χ1) is 8.70. The van der Waals surface area contributed by atoms with E-state index in [2.05, 4.69) is 38.9 Å². The van der Waals surface area contributed by atoms with Gasteiger partial charge in [-0.1, -0.05) is 0 Å². The summed E-state index contributed by atoms with van der Waals surface area (Å²) < 4.78 is 0. The quantitative estimate of drug-likeness (QED) is 0.852. The Kier molecular flexibility index (Phi) is 4.49. The summed E-state index contributed by atoms with van der Waals surface area (Å²) in [7, 11) is 1.92. The smallest absolute Gasteiger partial charge is 0.147 e. The lowest BCUT2D eigenvalue weighted by Crippen LogP contribution is -2.49. The summed E-state index contributed by atoms with van der Waals surface area (Å²) in [4.78, 5) is 13.7. The van der Waals surface area contributed by atoms with E-state index in [9.17, 15) is 0 Å². The molecule has 2 rings (SSSR count). The molecule has 0 radical (unpaired) electrons. The summed E-state index contributed by atoms with van der Waals surface area (Å²) in [6, 6.07) is 0.635. The van der Waals surface area contributed by atoms with Crippen LogP contribution in [0.15, 0.2) is 12.4 Å². The van der Waals surface area contributed by atoms with Crippen molar-refractivity contribution in [1.82, 2.24) is 20.2 Å². The van der Waals surface area contributed by atoms with Crippen molar-refractivity contribution in [2.45, 2.75) is 26.4 Å². The van der Waals surface area contributed by atoms with Gasteiger partial charge in [0.2, 0.25) is 0 Å². The van der Waals surface area contributed by atoms with Gasteiger partial charge < -0.3 is 10.2 Å². The van der Waals surface area contributed by atoms with Crippen LogP contribution in [0.4, 0.5) is 5.82 Å². The molecule has 0 unspecified atom stereocenters. The monoisotopic (exact) mass is 249 g/mol. The molecular formula is C13H23N5. The van der Waals surface area contributed by atoms with Gasteiger partial charge in [-0.25, -0.2) is 4.98 Å². The average Bonchev–Trinajstić information content (AvgIpc) is 2.40. The molecule has 5 nitrogen and oxygen atoms in total. The SMILES string of the molecule is CNCc1cnc(N2CCN(C(C)C)CC2)cn1. The molecule has 5 heteroatoms. The van der Waals surface area contributed by atoms with E-state index in [-0.39, 0.29) is 0 Å². The molecule has 0 spiro atoms. The molecule has 2 heterocycles. The Morgan fingerprint density at radius 1 is 1.17 bits per heavy atom. The number of nitrogens with zero attached hydrogens (tertiary/aromatic N) is 4. The predicted octanol–water partition coefficient (Wildman–Crippen LogP) is 0.726. The van der Waals surface area contributed by atoms with Crippen molar-refractivity contribution in [2.24, 2.45) is 0 Å². The lowest BCUT2D eigenvalue weighted by molar-refractivity contribution is 0.209. The van der Waals surface area contributed by atoms with Crippen LogP contribution in [0.3, 0.4) is 0 Å². The zero-order chi connectivity index (χ0) is 13.0. The molecule has 1 aromatic rings. The maximum Gasteiger partial charge on any atom is 0.147 e. The van der Waals surface area contributed by atoms with Gasteiger partial charge in [-0.05, 0) is 20.9 Å². The van der Waals surface area contributed by atoms with Gasteiger partial charge in [0.1, 0.15) is 5.82 Å². The molecule has 1 aliphatic rings. The van der Waals surface area contributed by atoms with E-state index < -0.39 is 0 Å². The maximum atomic E-state index is 4.50. The van der Waals surface area contributed by atoms with Crippen LogP contribution in [0.1, 0.15) is 19.5 Å². The third-order valence-electron chi connectivity index (χ3n) is 3.42. The van der Waals surface area contributed by atoms with E-state index >= 15 is 0 Å². The number of nitrogens with one attached hydrogen (secondary N) is 1. The third-order valence-corrected chi connectivity index (χ3v) is 3.42. The van der Waals surface area contributed by atoms with Gasteiger partial charge in [0.15, 0.2) is 0 Å². The van der Waals surface area contributed by atoms with Crippen LogP contribution in [0, 0.1) is 0 Å². The molecule has 0 saturated carbocycles. The molecule has 1 N–H and O–H groups in total. The van der Waals surface area contributed by atoms with Gasteiger partial charge >= 0.3 is 0 Å². The molecule has 1 saturated heterocycles. The van der Waals surface area contributed by atoms with Gasteiger partial charge in [0.25, 0.3) is 0 Å². The van der Waals surface area contributed by atoms with Gasteiger partial charge in [-0.15, -0.1) is 0 Å². The number of anilines is 1. The third kappa shape index (κ3) is 3.17. The van der Waals surface area contributed by atoms with E-state index in [0.29, 0.717) is 6.04 Å². The second-order valence-electron chi connectivity index (χ2n) is 5.01. The summed E-state index contributed by atoms with van der Waals surface area (Å²) in [5.41, 5.74) is 0.988. The fourth-order valence-electron chi connectivity index (χ4n) is 2.25. The van der Waals surface area contributed by atoms with Crippen molar-refractivity contribution in [3.63, 3.8) is 0 Å². The largest absolute Gasteiger partial charge is 0.353 e. The molecule has 1 aliphatic heterocycles. The molecule has 18 heavy (non-hydrogen) atoms. The highest BCUT2D eigenvalue weighted by Gasteiger charge is 2.19. The lowest BCUT2D eigenvalue weighted by Gasteiger charge is -2.37. The Labute approximate surface area is 109 Å². The van der Waals surface area contributed by atoms with Crippen molar-refractivity contribution >= 4 is 5.82 Å². The fraction of sp³-hybridized carbons (Fsp3) is 0.692. The predicted molar refractivity (Wildman–Crippen MR) is 73.7 cm³/mol. The minimum atomic E-state index is 0.635. The van der Waals surface area contributed by atoms with Crippen LogP contribution in [0.25, 0.3) is 0 Å². The van der Waals surface area contributed by atoms with E-state index in [0.717, 1.165) is 44.2 Å². The first-order valence-electron chi connectivity index (χ1n) is 6.65. The highest BCUT2D eigenvalue weighted by Crippen LogP contribution is 2.13. The topological polar surface area (TPSA) is 44.3 Å². The normalized spacial score (nSPS) is 17.4. The van der Waals surface area contributed by atoms with Crippen LogP contribution >= 0.6 is 0 Å². The average molecular weight is 249 g/mol. The number of hydrogen-bond acceptors (Lipinski definition) is 5. The highest BCUT2D eigenvalue weighted by atomic mass is 15.3. The molecule has 0 amide bonds. The van der Waals surface area contributed by atoms with Gasteiger partial charge in [-0.2, -0.15) is 0 Å². The molecule has 1 aromatic heterocycles. The van der Waals surface area contributed by atoms with Crippen LogP contribution in [-0.2, 0) is 6.54 Å². The summed E-state index contributed by atoms with van der Waals surface area (Å²) in [6.45, 7) is 9.57. The second-order valence-corrected chi connectivity index (χ2v) is 5.01. The Balaban J connectivity index is 1.93. The lowest BCUT2D eigenvalue weighted by atomic mass is 10.2. The zero-order valence-electron chi connectivity index (χ0n) is 11.6. The Hall–Kier alpha value is -1.20. The Morgan fingerprint density at radius 2 is 1.89 bits per heavy atom. The van der Waals surface area contributed by atoms with Gasteiger partial charge in [0.05, 0.1) is 18.1 Å². The van der Waals surface area contributed by atoms with Crippen LogP contribution in [-0.4, -0.2) is 54.1 Å². The van der Waals surface area contributed by atoms with E-state index in [1.165, 1.54) is 0 Å². The standard InChI is InChI=1S/C13H23N5/c1-11(2)17-4-6-18(7-5-17)13-10-15-12(8-14-3)9-16-13/h9-11,14H,4-8H2,1-3H3. The number of rotatable bonds is 4. The molecular weight excluding hydrogens is 226 g/mol. The van der Waals surface area contributed by atoms with Crippen molar-refractivity contribution in [3.05, 3.63) is 18.1 Å². The molecule has 1 fully saturated rings. The van der Waals surface area contributed by atoms with E-state index in [1.54, 1.807) is 0 Å². The number of hydrogen-bond donors (Lipinski definition) is 1. The minimum Gasteiger partial charge on any atom is -0.353 e. The maximum absolute atomic E-state index is 4.50. The van der Waals surface area contributed by atoms with Crippen LogP contribution in [0.2, 0.25) is 0 Å². The van der Waals surface area contributed by atoms with Crippen molar-refractivity contribution < 1.29 is 0 Å². The molecule has 0 atom stereocenters. The minimum absolute atomic E-state index is 0.635. The Bertz CT molecular complexity index is 354.